The van der Waals surface area contributed by atoms with Crippen LogP contribution in [-0.2, 0) is 0 Å². The molecule has 1 saturated carbocycles. The maximum atomic E-state index is 13.5. The van der Waals surface area contributed by atoms with Gasteiger partial charge in [-0.3, -0.25) is 4.79 Å². The van der Waals surface area contributed by atoms with Gasteiger partial charge in [-0.2, -0.15) is 5.10 Å². The van der Waals surface area contributed by atoms with E-state index in [2.05, 4.69) is 67.6 Å². The van der Waals surface area contributed by atoms with E-state index in [0.717, 1.165) is 51.9 Å². The Labute approximate surface area is 201 Å². The van der Waals surface area contributed by atoms with Crippen molar-refractivity contribution in [2.24, 2.45) is 0 Å². The molecule has 1 amide bonds. The molecule has 0 atom stereocenters. The van der Waals surface area contributed by atoms with Crippen molar-refractivity contribution in [3.63, 3.8) is 0 Å². The summed E-state index contributed by atoms with van der Waals surface area (Å²) >= 11 is 0. The predicted molar refractivity (Wildman–Crippen MR) is 137 cm³/mol. The van der Waals surface area contributed by atoms with Crippen LogP contribution in [0.2, 0.25) is 0 Å². The van der Waals surface area contributed by atoms with Gasteiger partial charge in [-0.05, 0) is 63.9 Å². The molecule has 5 heteroatoms. The molecule has 0 radical (unpaired) electrons. The van der Waals surface area contributed by atoms with Crippen molar-refractivity contribution in [3.8, 4) is 16.9 Å². The molecule has 0 unspecified atom stereocenters. The van der Waals surface area contributed by atoms with E-state index >= 15 is 0 Å². The van der Waals surface area contributed by atoms with Crippen LogP contribution in [0.5, 0.6) is 0 Å². The second kappa shape index (κ2) is 9.41. The summed E-state index contributed by atoms with van der Waals surface area (Å²) in [6.07, 6.45) is 8.86. The van der Waals surface area contributed by atoms with Crippen LogP contribution in [0.1, 0.15) is 65.7 Å². The monoisotopic (exact) mass is 452 g/mol. The molecular weight excluding hydrogens is 420 g/mol. The second-order valence-electron chi connectivity index (χ2n) is 9.63. The molecule has 0 bridgehead atoms. The van der Waals surface area contributed by atoms with Gasteiger partial charge >= 0.3 is 0 Å². The lowest BCUT2D eigenvalue weighted by Gasteiger charge is -2.17. The maximum absolute atomic E-state index is 13.5. The van der Waals surface area contributed by atoms with Crippen molar-refractivity contribution < 1.29 is 4.79 Å². The zero-order valence-electron chi connectivity index (χ0n) is 20.3. The number of carbonyl (C=O) groups is 1. The van der Waals surface area contributed by atoms with Gasteiger partial charge in [0.2, 0.25) is 0 Å². The summed E-state index contributed by atoms with van der Waals surface area (Å²) in [5, 5.41) is 8.87. The molecule has 0 spiro atoms. The summed E-state index contributed by atoms with van der Waals surface area (Å²) in [6.45, 7) is 6.18. The van der Waals surface area contributed by atoms with Gasteiger partial charge in [0.05, 0.1) is 34.4 Å². The summed E-state index contributed by atoms with van der Waals surface area (Å²) in [4.78, 5) is 18.5. The highest BCUT2D eigenvalue weighted by atomic mass is 16.1. The third-order valence-electron chi connectivity index (χ3n) is 6.96. The Morgan fingerprint density at radius 1 is 0.912 bits per heavy atom. The normalized spacial score (nSPS) is 14.8. The first-order valence-corrected chi connectivity index (χ1v) is 12.3. The van der Waals surface area contributed by atoms with E-state index in [1.165, 1.54) is 31.2 Å². The van der Waals surface area contributed by atoms with Crippen LogP contribution < -0.4 is 5.32 Å². The van der Waals surface area contributed by atoms with Crippen LogP contribution in [0, 0.1) is 20.8 Å². The van der Waals surface area contributed by atoms with E-state index < -0.39 is 0 Å². The number of benzene rings is 2. The molecule has 2 aromatic heterocycles. The smallest absolute Gasteiger partial charge is 0.252 e. The zero-order chi connectivity index (χ0) is 23.7. The fourth-order valence-electron chi connectivity index (χ4n) is 4.96. The molecule has 174 valence electrons. The molecule has 1 aliphatic carbocycles. The third kappa shape index (κ3) is 4.47. The number of amides is 1. The highest BCUT2D eigenvalue weighted by Gasteiger charge is 2.20. The Bertz CT molecular complexity index is 1330. The minimum atomic E-state index is -0.00488. The van der Waals surface area contributed by atoms with Crippen molar-refractivity contribution >= 4 is 16.8 Å². The molecule has 1 N–H and O–H groups in total. The first-order chi connectivity index (χ1) is 16.5. The predicted octanol–water partition coefficient (Wildman–Crippen LogP) is 6.47. The first kappa shape index (κ1) is 22.3. The number of hydrogen-bond acceptors (Lipinski definition) is 3. The number of carbonyl (C=O) groups excluding carboxylic acids is 1. The SMILES string of the molecule is Cc1ccc(-n2ncc(-c3cc(C(=O)NC4CCCCCC4)c4cc(C)ccc4n3)c2C)cc1. The van der Waals surface area contributed by atoms with Crippen molar-refractivity contribution in [1.29, 1.82) is 0 Å². The number of fused-ring (bicyclic) bond motifs is 1. The fourth-order valence-corrected chi connectivity index (χ4v) is 4.96. The third-order valence-corrected chi connectivity index (χ3v) is 6.96. The van der Waals surface area contributed by atoms with Gasteiger partial charge in [0.15, 0.2) is 0 Å². The van der Waals surface area contributed by atoms with Gasteiger partial charge < -0.3 is 5.32 Å². The highest BCUT2D eigenvalue weighted by Crippen LogP contribution is 2.29. The van der Waals surface area contributed by atoms with Gasteiger partial charge in [-0.1, -0.05) is 55.0 Å². The summed E-state index contributed by atoms with van der Waals surface area (Å²) < 4.78 is 1.93. The number of pyridine rings is 1. The maximum Gasteiger partial charge on any atom is 0.252 e. The van der Waals surface area contributed by atoms with E-state index in [4.69, 9.17) is 4.98 Å². The Kier molecular flexibility index (Phi) is 6.18. The molecule has 0 saturated heterocycles. The molecule has 2 aromatic carbocycles. The summed E-state index contributed by atoms with van der Waals surface area (Å²) in [5.74, 6) is -0.00488. The summed E-state index contributed by atoms with van der Waals surface area (Å²) in [7, 11) is 0. The molecule has 2 heterocycles. The minimum Gasteiger partial charge on any atom is -0.349 e. The van der Waals surface area contributed by atoms with Crippen LogP contribution in [0.15, 0.2) is 54.7 Å². The Morgan fingerprint density at radius 2 is 1.62 bits per heavy atom. The Morgan fingerprint density at radius 3 is 2.35 bits per heavy atom. The van der Waals surface area contributed by atoms with E-state index in [1.54, 1.807) is 0 Å². The van der Waals surface area contributed by atoms with Gasteiger partial charge in [-0.25, -0.2) is 9.67 Å². The number of aromatic nitrogens is 3. The lowest BCUT2D eigenvalue weighted by atomic mass is 10.0. The average molecular weight is 453 g/mol. The Hall–Kier alpha value is -3.47. The number of aryl methyl sites for hydroxylation is 2. The largest absolute Gasteiger partial charge is 0.349 e. The van der Waals surface area contributed by atoms with Gasteiger partial charge in [-0.15, -0.1) is 0 Å². The van der Waals surface area contributed by atoms with E-state index in [-0.39, 0.29) is 11.9 Å². The molecule has 0 aliphatic heterocycles. The summed E-state index contributed by atoms with van der Waals surface area (Å²) in [6, 6.07) is 16.6. The molecule has 5 rings (SSSR count). The standard InChI is InChI=1S/C29H32N4O/c1-19-10-13-23(14-11-19)33-21(3)26(18-30-33)28-17-25(24-16-20(2)12-15-27(24)32-28)29(34)31-22-8-6-4-5-7-9-22/h10-18,22H,4-9H2,1-3H3,(H,31,34). The minimum absolute atomic E-state index is 0.00488. The van der Waals surface area contributed by atoms with Gasteiger partial charge in [0.1, 0.15) is 0 Å². The molecular formula is C29H32N4O. The van der Waals surface area contributed by atoms with Crippen LogP contribution in [-0.4, -0.2) is 26.7 Å². The lowest BCUT2D eigenvalue weighted by molar-refractivity contribution is 0.0935. The van der Waals surface area contributed by atoms with Gasteiger partial charge in [0, 0.05) is 17.0 Å². The van der Waals surface area contributed by atoms with E-state index in [9.17, 15) is 4.79 Å². The molecule has 4 aromatic rings. The lowest BCUT2D eigenvalue weighted by Crippen LogP contribution is -2.34. The van der Waals surface area contributed by atoms with Crippen LogP contribution in [0.25, 0.3) is 27.8 Å². The molecule has 5 nitrogen and oxygen atoms in total. The number of hydrogen-bond donors (Lipinski definition) is 1. The number of nitrogens with one attached hydrogen (secondary N) is 1. The number of rotatable bonds is 4. The highest BCUT2D eigenvalue weighted by molar-refractivity contribution is 6.07. The van der Waals surface area contributed by atoms with Crippen LogP contribution in [0.3, 0.4) is 0 Å². The average Bonchev–Trinajstić information content (AvgIpc) is 3.03. The van der Waals surface area contributed by atoms with Crippen molar-refractivity contribution in [3.05, 3.63) is 77.1 Å². The van der Waals surface area contributed by atoms with Crippen LogP contribution in [0.4, 0.5) is 0 Å². The fraction of sp³-hybridized carbons (Fsp3) is 0.345. The van der Waals surface area contributed by atoms with Crippen molar-refractivity contribution in [2.45, 2.75) is 65.3 Å². The molecule has 1 fully saturated rings. The van der Waals surface area contributed by atoms with Gasteiger partial charge in [0.25, 0.3) is 5.91 Å². The Balaban J connectivity index is 1.56. The van der Waals surface area contributed by atoms with E-state index in [1.807, 2.05) is 23.0 Å². The second-order valence-corrected chi connectivity index (χ2v) is 9.63. The topological polar surface area (TPSA) is 59.8 Å². The quantitative estimate of drug-likeness (QED) is 0.361. The summed E-state index contributed by atoms with van der Waals surface area (Å²) in [5.41, 5.74) is 7.57. The number of nitrogens with zero attached hydrogens (tertiary/aromatic N) is 3. The van der Waals surface area contributed by atoms with Crippen molar-refractivity contribution in [1.82, 2.24) is 20.1 Å². The molecule has 1 aliphatic rings. The molecule has 34 heavy (non-hydrogen) atoms. The van der Waals surface area contributed by atoms with Crippen molar-refractivity contribution in [2.75, 3.05) is 0 Å². The van der Waals surface area contributed by atoms with E-state index in [0.29, 0.717) is 5.56 Å². The first-order valence-electron chi connectivity index (χ1n) is 12.3. The zero-order valence-corrected chi connectivity index (χ0v) is 20.3. The van der Waals surface area contributed by atoms with Crippen LogP contribution >= 0.6 is 0 Å².